The molecule has 0 spiro atoms. The predicted octanol–water partition coefficient (Wildman–Crippen LogP) is 6.28. The van der Waals surface area contributed by atoms with Gasteiger partial charge in [-0.25, -0.2) is 4.79 Å². The molecule has 0 saturated carbocycles. The molecule has 5 nitrogen and oxygen atoms in total. The first-order valence-corrected chi connectivity index (χ1v) is 9.52. The zero-order chi connectivity index (χ0) is 21.0. The number of imide groups is 1. The molecular weight excluding hydrogens is 435 g/mol. The Hall–Kier alpha value is -2.73. The summed E-state index contributed by atoms with van der Waals surface area (Å²) < 4.78 is 5.43. The highest BCUT2D eigenvalue weighted by Crippen LogP contribution is 2.35. The second-order valence-electron chi connectivity index (χ2n) is 5.93. The summed E-state index contributed by atoms with van der Waals surface area (Å²) in [5, 5.41) is 5.96. The lowest BCUT2D eigenvalue weighted by Gasteiger charge is -2.13. The summed E-state index contributed by atoms with van der Waals surface area (Å²) in [4.78, 5) is 24.4. The maximum atomic E-state index is 12.2. The third-order valence-electron chi connectivity index (χ3n) is 4.04. The SMILES string of the molecule is COc1cc(NC(=O)NC(=O)c2ccccc2Cl)ccc1-c1ccc(Cl)c(Cl)c1. The van der Waals surface area contributed by atoms with Gasteiger partial charge in [0.05, 0.1) is 27.7 Å². The summed E-state index contributed by atoms with van der Waals surface area (Å²) in [6.45, 7) is 0. The molecule has 0 saturated heterocycles. The molecule has 3 amide bonds. The number of hydrogen-bond donors (Lipinski definition) is 2. The van der Waals surface area contributed by atoms with Gasteiger partial charge in [-0.1, -0.05) is 53.0 Å². The number of halogens is 3. The molecule has 0 aromatic heterocycles. The van der Waals surface area contributed by atoms with Crippen molar-refractivity contribution in [1.29, 1.82) is 0 Å². The number of urea groups is 1. The lowest BCUT2D eigenvalue weighted by atomic mass is 10.0. The van der Waals surface area contributed by atoms with E-state index in [1.165, 1.54) is 13.2 Å². The molecule has 2 N–H and O–H groups in total. The van der Waals surface area contributed by atoms with Crippen molar-refractivity contribution >= 4 is 52.4 Å². The van der Waals surface area contributed by atoms with Crippen LogP contribution in [0.2, 0.25) is 15.1 Å². The molecule has 0 fully saturated rings. The topological polar surface area (TPSA) is 67.4 Å². The van der Waals surface area contributed by atoms with Crippen molar-refractivity contribution in [3.05, 3.63) is 81.3 Å². The highest BCUT2D eigenvalue weighted by Gasteiger charge is 2.14. The van der Waals surface area contributed by atoms with Crippen LogP contribution in [0.1, 0.15) is 10.4 Å². The summed E-state index contributed by atoms with van der Waals surface area (Å²) in [6.07, 6.45) is 0. The van der Waals surface area contributed by atoms with Gasteiger partial charge < -0.3 is 10.1 Å². The van der Waals surface area contributed by atoms with Crippen LogP contribution in [0.3, 0.4) is 0 Å². The second kappa shape index (κ2) is 9.18. The number of methoxy groups -OCH3 is 1. The molecule has 148 valence electrons. The van der Waals surface area contributed by atoms with Gasteiger partial charge in [-0.3, -0.25) is 10.1 Å². The predicted molar refractivity (Wildman–Crippen MR) is 116 cm³/mol. The monoisotopic (exact) mass is 448 g/mol. The zero-order valence-electron chi connectivity index (χ0n) is 15.1. The number of nitrogens with one attached hydrogen (secondary N) is 2. The maximum absolute atomic E-state index is 12.2. The molecule has 0 radical (unpaired) electrons. The quantitative estimate of drug-likeness (QED) is 0.492. The van der Waals surface area contributed by atoms with E-state index < -0.39 is 11.9 Å². The minimum atomic E-state index is -0.695. The molecule has 8 heteroatoms. The number of benzene rings is 3. The second-order valence-corrected chi connectivity index (χ2v) is 7.15. The first-order valence-electron chi connectivity index (χ1n) is 8.39. The van der Waals surface area contributed by atoms with E-state index in [4.69, 9.17) is 39.5 Å². The summed E-state index contributed by atoms with van der Waals surface area (Å²) >= 11 is 18.0. The Balaban J connectivity index is 1.76. The molecule has 0 aliphatic heterocycles. The first-order chi connectivity index (χ1) is 13.9. The van der Waals surface area contributed by atoms with Gasteiger partial charge in [0.25, 0.3) is 5.91 Å². The van der Waals surface area contributed by atoms with Crippen molar-refractivity contribution in [2.45, 2.75) is 0 Å². The van der Waals surface area contributed by atoms with E-state index >= 15 is 0 Å². The molecule has 0 heterocycles. The number of anilines is 1. The smallest absolute Gasteiger partial charge is 0.326 e. The minimum Gasteiger partial charge on any atom is -0.496 e. The lowest BCUT2D eigenvalue weighted by Crippen LogP contribution is -2.34. The Bertz CT molecular complexity index is 1090. The number of rotatable bonds is 4. The maximum Gasteiger partial charge on any atom is 0.326 e. The third-order valence-corrected chi connectivity index (χ3v) is 5.10. The van der Waals surface area contributed by atoms with Crippen molar-refractivity contribution in [2.24, 2.45) is 0 Å². The van der Waals surface area contributed by atoms with Crippen LogP contribution in [0, 0.1) is 0 Å². The Morgan fingerprint density at radius 3 is 2.31 bits per heavy atom. The summed E-state index contributed by atoms with van der Waals surface area (Å²) in [5.74, 6) is -0.0916. The largest absolute Gasteiger partial charge is 0.496 e. The molecular formula is C21H15Cl3N2O3. The zero-order valence-corrected chi connectivity index (χ0v) is 17.4. The van der Waals surface area contributed by atoms with E-state index in [9.17, 15) is 9.59 Å². The van der Waals surface area contributed by atoms with Crippen LogP contribution in [-0.4, -0.2) is 19.0 Å². The van der Waals surface area contributed by atoms with Gasteiger partial charge in [-0.2, -0.15) is 0 Å². The molecule has 3 rings (SSSR count). The first kappa shape index (κ1) is 21.0. The molecule has 0 aliphatic carbocycles. The van der Waals surface area contributed by atoms with Crippen molar-refractivity contribution in [1.82, 2.24) is 5.32 Å². The van der Waals surface area contributed by atoms with Gasteiger partial charge in [0.15, 0.2) is 0 Å². The molecule has 29 heavy (non-hydrogen) atoms. The molecule has 0 unspecified atom stereocenters. The highest BCUT2D eigenvalue weighted by atomic mass is 35.5. The number of amides is 3. The van der Waals surface area contributed by atoms with Crippen molar-refractivity contribution in [3.63, 3.8) is 0 Å². The van der Waals surface area contributed by atoms with Gasteiger partial charge in [-0.15, -0.1) is 0 Å². The number of ether oxygens (including phenoxy) is 1. The van der Waals surface area contributed by atoms with Crippen molar-refractivity contribution in [2.75, 3.05) is 12.4 Å². The number of carbonyl (C=O) groups excluding carboxylic acids is 2. The van der Waals surface area contributed by atoms with Gasteiger partial charge in [-0.05, 0) is 42.0 Å². The highest BCUT2D eigenvalue weighted by molar-refractivity contribution is 6.42. The van der Waals surface area contributed by atoms with Crippen LogP contribution in [0.25, 0.3) is 11.1 Å². The Labute approximate surface area is 182 Å². The molecule has 3 aromatic rings. The van der Waals surface area contributed by atoms with Crippen molar-refractivity contribution in [3.8, 4) is 16.9 Å². The van der Waals surface area contributed by atoms with E-state index in [1.807, 2.05) is 6.07 Å². The van der Waals surface area contributed by atoms with Crippen LogP contribution in [-0.2, 0) is 0 Å². The van der Waals surface area contributed by atoms with Crippen LogP contribution in [0.15, 0.2) is 60.7 Å². The Morgan fingerprint density at radius 2 is 1.62 bits per heavy atom. The fraction of sp³-hybridized carbons (Fsp3) is 0.0476. The van der Waals surface area contributed by atoms with E-state index in [-0.39, 0.29) is 10.6 Å². The normalized spacial score (nSPS) is 10.3. The average Bonchev–Trinajstić information content (AvgIpc) is 2.70. The lowest BCUT2D eigenvalue weighted by molar-refractivity contribution is 0.0967. The molecule has 3 aromatic carbocycles. The fourth-order valence-corrected chi connectivity index (χ4v) is 3.17. The van der Waals surface area contributed by atoms with Crippen LogP contribution < -0.4 is 15.4 Å². The van der Waals surface area contributed by atoms with Crippen LogP contribution in [0.5, 0.6) is 5.75 Å². The van der Waals surface area contributed by atoms with Crippen LogP contribution >= 0.6 is 34.8 Å². The van der Waals surface area contributed by atoms with Gasteiger partial charge in [0.2, 0.25) is 0 Å². The summed E-state index contributed by atoms with van der Waals surface area (Å²) in [5.41, 5.74) is 2.22. The fourth-order valence-electron chi connectivity index (χ4n) is 2.65. The summed E-state index contributed by atoms with van der Waals surface area (Å²) in [7, 11) is 1.52. The summed E-state index contributed by atoms with van der Waals surface area (Å²) in [6, 6.07) is 16.1. The minimum absolute atomic E-state index is 0.205. The third kappa shape index (κ3) is 5.01. The Morgan fingerprint density at radius 1 is 0.862 bits per heavy atom. The average molecular weight is 450 g/mol. The van der Waals surface area contributed by atoms with Gasteiger partial charge >= 0.3 is 6.03 Å². The van der Waals surface area contributed by atoms with Crippen LogP contribution in [0.4, 0.5) is 10.5 Å². The standard InChI is InChI=1S/C21H15Cl3N2O3/c1-29-19-11-13(7-8-14(19)12-6-9-17(23)18(24)10-12)25-21(28)26-20(27)15-4-2-3-5-16(15)22/h2-11H,1H3,(H2,25,26,27,28). The number of hydrogen-bond acceptors (Lipinski definition) is 3. The number of carbonyl (C=O) groups is 2. The van der Waals surface area contributed by atoms with E-state index in [2.05, 4.69) is 10.6 Å². The molecule has 0 bridgehead atoms. The van der Waals surface area contributed by atoms with Gasteiger partial charge in [0, 0.05) is 17.3 Å². The van der Waals surface area contributed by atoms with Gasteiger partial charge in [0.1, 0.15) is 5.75 Å². The van der Waals surface area contributed by atoms with E-state index in [1.54, 1.807) is 48.5 Å². The van der Waals surface area contributed by atoms with E-state index in [0.717, 1.165) is 11.1 Å². The molecule has 0 aliphatic rings. The molecule has 0 atom stereocenters. The van der Waals surface area contributed by atoms with E-state index in [0.29, 0.717) is 21.5 Å². The Kier molecular flexibility index (Phi) is 6.64. The van der Waals surface area contributed by atoms with Crippen molar-refractivity contribution < 1.29 is 14.3 Å².